The van der Waals surface area contributed by atoms with Crippen molar-refractivity contribution in [3.05, 3.63) is 40.4 Å². The Hall–Kier alpha value is -3.57. The number of likely N-dealkylation sites (tertiary alicyclic amines) is 1. The zero-order valence-corrected chi connectivity index (χ0v) is 25.2. The van der Waals surface area contributed by atoms with Crippen molar-refractivity contribution in [3.63, 3.8) is 0 Å². The van der Waals surface area contributed by atoms with Crippen LogP contribution in [0.5, 0.6) is 0 Å². The summed E-state index contributed by atoms with van der Waals surface area (Å²) in [4.78, 5) is 31.7. The summed E-state index contributed by atoms with van der Waals surface area (Å²) in [5, 5.41) is 26.0. The first-order valence-corrected chi connectivity index (χ1v) is 15.4. The van der Waals surface area contributed by atoms with Crippen molar-refractivity contribution in [1.82, 2.24) is 29.4 Å². The van der Waals surface area contributed by atoms with E-state index >= 15 is 0 Å². The third-order valence-electron chi connectivity index (χ3n) is 7.88. The molecule has 0 saturated carbocycles. The molecule has 214 valence electrons. The maximum atomic E-state index is 12.5. The van der Waals surface area contributed by atoms with Crippen LogP contribution < -0.4 is 9.80 Å². The second-order valence-electron chi connectivity index (χ2n) is 10.8. The second kappa shape index (κ2) is 11.0. The van der Waals surface area contributed by atoms with E-state index in [1.807, 2.05) is 54.7 Å². The number of aliphatic hydroxyl groups excluding tert-OH is 1. The minimum atomic E-state index is -0.383. The number of anilines is 3. The third-order valence-corrected chi connectivity index (χ3v) is 9.88. The molecule has 41 heavy (non-hydrogen) atoms. The zero-order valence-electron chi connectivity index (χ0n) is 23.6. The van der Waals surface area contributed by atoms with Gasteiger partial charge in [-0.05, 0) is 26.8 Å². The molecule has 0 radical (unpaired) electrons. The smallest absolute Gasteiger partial charge is 0.236 e. The number of fused-ring (bicyclic) bond motifs is 1. The molecule has 0 aliphatic carbocycles. The van der Waals surface area contributed by atoms with Gasteiger partial charge >= 0.3 is 0 Å². The predicted octanol–water partition coefficient (Wildman–Crippen LogP) is 3.14. The summed E-state index contributed by atoms with van der Waals surface area (Å²) in [5.74, 6) is 0.921. The second-order valence-corrected chi connectivity index (χ2v) is 12.7. The van der Waals surface area contributed by atoms with E-state index in [1.54, 1.807) is 16.2 Å². The molecule has 2 aliphatic heterocycles. The average molecular weight is 592 g/mol. The summed E-state index contributed by atoms with van der Waals surface area (Å²) in [7, 11) is 3.95. The molecule has 2 saturated heterocycles. The summed E-state index contributed by atoms with van der Waals surface area (Å²) < 4.78 is 1.90. The number of nitriles is 1. The molecule has 1 aromatic carbocycles. The van der Waals surface area contributed by atoms with Gasteiger partial charge in [0.05, 0.1) is 18.3 Å². The molecule has 0 spiro atoms. The fourth-order valence-corrected chi connectivity index (χ4v) is 7.17. The van der Waals surface area contributed by atoms with Crippen LogP contribution in [-0.2, 0) is 11.2 Å². The number of β-amino-alcohol motifs (C(OH)–C–C–N with tert-alkyl or cyclic N) is 1. The van der Waals surface area contributed by atoms with E-state index in [-0.39, 0.29) is 18.1 Å². The molecule has 3 aromatic heterocycles. The minimum absolute atomic E-state index is 0.0658. The number of thiazole rings is 1. The summed E-state index contributed by atoms with van der Waals surface area (Å²) >= 11 is 2.93. The van der Waals surface area contributed by atoms with Crippen LogP contribution >= 0.6 is 22.7 Å². The molecule has 2 aliphatic rings. The Kier molecular flexibility index (Phi) is 7.41. The molecule has 1 N–H and O–H groups in total. The lowest BCUT2D eigenvalue weighted by molar-refractivity contribution is -0.142. The highest BCUT2D eigenvalue weighted by Gasteiger charge is 2.33. The van der Waals surface area contributed by atoms with E-state index in [1.165, 1.54) is 11.3 Å². The van der Waals surface area contributed by atoms with Crippen LogP contribution in [-0.4, -0.2) is 99.4 Å². The number of amides is 1. The van der Waals surface area contributed by atoms with Gasteiger partial charge in [0.1, 0.15) is 16.6 Å². The highest BCUT2D eigenvalue weighted by atomic mass is 32.1. The lowest BCUT2D eigenvalue weighted by Crippen LogP contribution is -2.56. The molecule has 5 heterocycles. The number of benzene rings is 1. The maximum absolute atomic E-state index is 12.5. The van der Waals surface area contributed by atoms with Crippen molar-refractivity contribution in [2.45, 2.75) is 38.8 Å². The molecular weight excluding hydrogens is 559 g/mol. The Morgan fingerprint density at radius 1 is 1.17 bits per heavy atom. The first-order chi connectivity index (χ1) is 19.7. The third kappa shape index (κ3) is 5.17. The number of hydrogen-bond donors (Lipinski definition) is 1. The fraction of sp³-hybridized carbons (Fsp3) is 0.464. The number of aliphatic hydroxyl groups is 1. The van der Waals surface area contributed by atoms with Crippen LogP contribution in [0.15, 0.2) is 24.3 Å². The average Bonchev–Trinajstić information content (AvgIpc) is 3.73. The number of carbonyl (C=O) groups excluding carboxylic acids is 1. The number of aromatic nitrogens is 4. The monoisotopic (exact) mass is 591 g/mol. The summed E-state index contributed by atoms with van der Waals surface area (Å²) in [6, 6.07) is 10.6. The number of carbonyl (C=O) groups is 1. The molecule has 6 rings (SSSR count). The summed E-state index contributed by atoms with van der Waals surface area (Å²) in [6.45, 7) is 6.98. The quantitative estimate of drug-likeness (QED) is 0.330. The van der Waals surface area contributed by atoms with Crippen LogP contribution in [0.2, 0.25) is 0 Å². The van der Waals surface area contributed by atoms with Gasteiger partial charge in [-0.25, -0.2) is 9.97 Å². The fourth-order valence-electron chi connectivity index (χ4n) is 5.37. The number of likely N-dealkylation sites (N-methyl/N-ethyl adjacent to an activating group) is 1. The standard InChI is InChI=1S/C28H33N9O2S2/c1-5-21-25(34(4)26-31-24(22(12-29)40-26)18-8-6-17(2)7-9-18)37-27(30-21)41-28(32-37)35-11-10-19(13-35)33(3)16-23(39)36-14-20(38)15-36/h6-9,19-20,38H,5,10-11,13-16H2,1-4H3/t19-/m1/s1. The van der Waals surface area contributed by atoms with Gasteiger partial charge in [0.15, 0.2) is 10.9 Å². The van der Waals surface area contributed by atoms with E-state index in [0.29, 0.717) is 35.3 Å². The lowest BCUT2D eigenvalue weighted by Gasteiger charge is -2.37. The van der Waals surface area contributed by atoms with Gasteiger partial charge < -0.3 is 19.8 Å². The van der Waals surface area contributed by atoms with Gasteiger partial charge in [-0.15, -0.1) is 5.10 Å². The zero-order chi connectivity index (χ0) is 28.8. The molecular formula is C28H33N9O2S2. The van der Waals surface area contributed by atoms with Crippen molar-refractivity contribution >= 4 is 49.6 Å². The molecule has 1 amide bonds. The van der Waals surface area contributed by atoms with E-state index in [0.717, 1.165) is 58.7 Å². The van der Waals surface area contributed by atoms with Crippen LogP contribution in [0, 0.1) is 18.3 Å². The normalized spacial score (nSPS) is 17.4. The van der Waals surface area contributed by atoms with E-state index in [4.69, 9.17) is 15.1 Å². The minimum Gasteiger partial charge on any atom is -0.389 e. The molecule has 1 atom stereocenters. The first kappa shape index (κ1) is 27.6. The molecule has 13 heteroatoms. The largest absolute Gasteiger partial charge is 0.389 e. The van der Waals surface area contributed by atoms with Gasteiger partial charge in [-0.1, -0.05) is 59.4 Å². The topological polar surface area (TPSA) is 117 Å². The molecule has 2 fully saturated rings. The maximum Gasteiger partial charge on any atom is 0.236 e. The van der Waals surface area contributed by atoms with Crippen molar-refractivity contribution in [1.29, 1.82) is 5.26 Å². The van der Waals surface area contributed by atoms with Gasteiger partial charge in [0, 0.05) is 44.8 Å². The van der Waals surface area contributed by atoms with Crippen molar-refractivity contribution in [3.8, 4) is 17.3 Å². The number of imidazole rings is 1. The molecule has 4 aromatic rings. The van der Waals surface area contributed by atoms with E-state index < -0.39 is 0 Å². The van der Waals surface area contributed by atoms with Crippen LogP contribution in [0.4, 0.5) is 16.1 Å². The highest BCUT2D eigenvalue weighted by molar-refractivity contribution is 7.20. The number of rotatable bonds is 8. The lowest BCUT2D eigenvalue weighted by atomic mass is 10.1. The van der Waals surface area contributed by atoms with Gasteiger partial charge in [-0.3, -0.25) is 9.69 Å². The molecule has 0 unspecified atom stereocenters. The van der Waals surface area contributed by atoms with Gasteiger partial charge in [0.2, 0.25) is 16.0 Å². The Morgan fingerprint density at radius 2 is 1.93 bits per heavy atom. The van der Waals surface area contributed by atoms with Crippen molar-refractivity contribution < 1.29 is 9.90 Å². The van der Waals surface area contributed by atoms with Gasteiger partial charge in [-0.2, -0.15) is 9.78 Å². The first-order valence-electron chi connectivity index (χ1n) is 13.8. The summed E-state index contributed by atoms with van der Waals surface area (Å²) in [6.07, 6.45) is 1.30. The number of hydrogen-bond acceptors (Lipinski definition) is 11. The Labute approximate surface area is 246 Å². The SMILES string of the molecule is CCc1nc2sc(N3CC[C@@H](N(C)CC(=O)N4CC(O)C4)C3)nn2c1N(C)c1nc(-c2ccc(C)cc2)c(C#N)s1. The van der Waals surface area contributed by atoms with E-state index in [9.17, 15) is 15.2 Å². The van der Waals surface area contributed by atoms with Crippen LogP contribution in [0.1, 0.15) is 29.5 Å². The van der Waals surface area contributed by atoms with Crippen LogP contribution in [0.25, 0.3) is 16.2 Å². The Bertz CT molecular complexity index is 1610. The van der Waals surface area contributed by atoms with Gasteiger partial charge in [0.25, 0.3) is 0 Å². The van der Waals surface area contributed by atoms with E-state index in [2.05, 4.69) is 22.8 Å². The Balaban J connectivity index is 1.22. The highest BCUT2D eigenvalue weighted by Crippen LogP contribution is 2.38. The Morgan fingerprint density at radius 3 is 2.61 bits per heavy atom. The summed E-state index contributed by atoms with van der Waals surface area (Å²) in [5.41, 5.74) is 3.70. The molecule has 0 bridgehead atoms. The number of aryl methyl sites for hydroxylation is 2. The van der Waals surface area contributed by atoms with Crippen molar-refractivity contribution in [2.24, 2.45) is 0 Å². The predicted molar refractivity (Wildman–Crippen MR) is 161 cm³/mol. The van der Waals surface area contributed by atoms with Crippen molar-refractivity contribution in [2.75, 3.05) is 56.6 Å². The number of nitrogens with zero attached hydrogens (tertiary/aromatic N) is 9. The molecule has 11 nitrogen and oxygen atoms in total. The van der Waals surface area contributed by atoms with Crippen LogP contribution in [0.3, 0.4) is 0 Å².